The van der Waals surface area contributed by atoms with Gasteiger partial charge in [0.05, 0.1) is 9.08 Å². The molecule has 0 amide bonds. The molecule has 15 heteroatoms. The number of hydrogen-bond donors (Lipinski definition) is 0. The molecule has 0 unspecified atom stereocenters. The Morgan fingerprint density at radius 1 is 0.880 bits per heavy atom. The lowest BCUT2D eigenvalue weighted by Gasteiger charge is -2.26. The van der Waals surface area contributed by atoms with Gasteiger partial charge in [-0.1, -0.05) is 18.2 Å². The number of hydrogen-bond acceptors (Lipinski definition) is 4. The molecule has 142 valence electrons. The Morgan fingerprint density at radius 2 is 1.28 bits per heavy atom. The maximum atomic E-state index is 12.8. The third-order valence-electron chi connectivity index (χ3n) is 2.42. The minimum Gasteiger partial charge on any atom is -0.196 e. The molecule has 0 N–H and O–H groups in total. The molecule has 0 aliphatic heterocycles. The van der Waals surface area contributed by atoms with Gasteiger partial charge in [0.1, 0.15) is 0 Å². The molecular weight excluding hydrogens is 536 g/mol. The third kappa shape index (κ3) is 4.49. The van der Waals surface area contributed by atoms with Crippen LogP contribution in [-0.4, -0.2) is 27.9 Å². The molecule has 1 rings (SSSR count). The van der Waals surface area contributed by atoms with Crippen molar-refractivity contribution in [3.05, 3.63) is 33.2 Å². The predicted molar refractivity (Wildman–Crippen MR) is 84.7 cm³/mol. The van der Waals surface area contributed by atoms with Crippen LogP contribution in [0.15, 0.2) is 27.7 Å². The molecular formula is C10H5Br2F6NO4S2. The molecule has 25 heavy (non-hydrogen) atoms. The van der Waals surface area contributed by atoms with Crippen molar-refractivity contribution in [1.82, 2.24) is 0 Å². The standard InChI is InChI=1S/C10H5Br2F6NO4S2/c11-8(12)5-6-3-1-2-4-7(6)19(24(20,21)9(13,14)15)25(22,23)10(16,17)18/h1-5H. The molecule has 1 aromatic rings. The second-order valence-electron chi connectivity index (χ2n) is 4.09. The highest BCUT2D eigenvalue weighted by Gasteiger charge is 2.62. The molecule has 0 fully saturated rings. The molecule has 0 radical (unpaired) electrons. The summed E-state index contributed by atoms with van der Waals surface area (Å²) in [5.41, 5.74) is -14.5. The van der Waals surface area contributed by atoms with Crippen LogP contribution in [0.3, 0.4) is 0 Å². The van der Waals surface area contributed by atoms with E-state index in [4.69, 9.17) is 0 Å². The van der Waals surface area contributed by atoms with Crippen molar-refractivity contribution in [3.8, 4) is 0 Å². The monoisotopic (exact) mass is 539 g/mol. The highest BCUT2D eigenvalue weighted by molar-refractivity contribution is 9.28. The predicted octanol–water partition coefficient (Wildman–Crippen LogP) is 4.28. The Bertz CT molecular complexity index is 845. The normalized spacial score (nSPS) is 13.4. The molecule has 0 aliphatic carbocycles. The average Bonchev–Trinajstić information content (AvgIpc) is 2.37. The first-order chi connectivity index (χ1) is 11.0. The van der Waals surface area contributed by atoms with E-state index in [-0.39, 0.29) is 3.39 Å². The van der Waals surface area contributed by atoms with Crippen LogP contribution in [-0.2, 0) is 20.0 Å². The summed E-state index contributed by atoms with van der Waals surface area (Å²) in [7, 11) is -13.9. The largest absolute Gasteiger partial charge is 0.517 e. The summed E-state index contributed by atoms with van der Waals surface area (Å²) >= 11 is 5.58. The van der Waals surface area contributed by atoms with Gasteiger partial charge in [-0.2, -0.15) is 43.2 Å². The SMILES string of the molecule is O=S(=O)(N(c1ccccc1C=C(Br)Br)S(=O)(=O)C(F)(F)F)C(F)(F)F. The van der Waals surface area contributed by atoms with E-state index >= 15 is 0 Å². The molecule has 0 bridgehead atoms. The van der Waals surface area contributed by atoms with Crippen LogP contribution in [0.1, 0.15) is 5.56 Å². The number of alkyl halides is 6. The molecule has 1 aromatic carbocycles. The summed E-state index contributed by atoms with van der Waals surface area (Å²) in [6.45, 7) is 0. The number of nitrogens with zero attached hydrogens (tertiary/aromatic N) is 1. The number of halogens is 8. The molecule has 0 heterocycles. The van der Waals surface area contributed by atoms with E-state index in [9.17, 15) is 43.2 Å². The maximum Gasteiger partial charge on any atom is 0.517 e. The van der Waals surface area contributed by atoms with E-state index in [2.05, 4.69) is 31.9 Å². The van der Waals surface area contributed by atoms with Gasteiger partial charge in [-0.15, -0.1) is 3.71 Å². The zero-order valence-corrected chi connectivity index (χ0v) is 16.1. The lowest BCUT2D eigenvalue weighted by molar-refractivity contribution is -0.0462. The van der Waals surface area contributed by atoms with Crippen LogP contribution in [0.25, 0.3) is 6.08 Å². The summed E-state index contributed by atoms with van der Waals surface area (Å²) in [6.07, 6.45) is 0.875. The second kappa shape index (κ2) is 7.08. The number of para-hydroxylation sites is 1. The van der Waals surface area contributed by atoms with Crippen LogP contribution in [0.5, 0.6) is 0 Å². The first-order valence-corrected chi connectivity index (χ1v) is 10.0. The van der Waals surface area contributed by atoms with Gasteiger partial charge in [-0.3, -0.25) is 0 Å². The molecule has 0 atom stereocenters. The van der Waals surface area contributed by atoms with Crippen LogP contribution < -0.4 is 3.71 Å². The first-order valence-electron chi connectivity index (χ1n) is 5.58. The van der Waals surface area contributed by atoms with Crippen molar-refractivity contribution in [1.29, 1.82) is 0 Å². The summed E-state index contributed by atoms with van der Waals surface area (Å²) in [6, 6.07) is 3.43. The van der Waals surface area contributed by atoms with Crippen molar-refractivity contribution < 1.29 is 43.2 Å². The van der Waals surface area contributed by atoms with Gasteiger partial charge in [0.25, 0.3) is 0 Å². The molecule has 0 aromatic heterocycles. The third-order valence-corrected chi connectivity index (χ3v) is 6.49. The Labute approximate surface area is 154 Å². The van der Waals surface area contributed by atoms with Crippen LogP contribution in [0.2, 0.25) is 0 Å². The average molecular weight is 541 g/mol. The van der Waals surface area contributed by atoms with Crippen molar-refractivity contribution in [2.45, 2.75) is 11.0 Å². The number of rotatable bonds is 4. The van der Waals surface area contributed by atoms with Crippen molar-refractivity contribution in [2.75, 3.05) is 3.71 Å². The zero-order chi connectivity index (χ0) is 19.8. The fourth-order valence-electron chi connectivity index (χ4n) is 1.47. The van der Waals surface area contributed by atoms with Gasteiger partial charge in [-0.05, 0) is 44.0 Å². The van der Waals surface area contributed by atoms with Gasteiger partial charge in [0, 0.05) is 5.56 Å². The lowest BCUT2D eigenvalue weighted by Crippen LogP contribution is -2.49. The summed E-state index contributed by atoms with van der Waals surface area (Å²) < 4.78 is 121. The van der Waals surface area contributed by atoms with E-state index in [1.54, 1.807) is 0 Å². The lowest BCUT2D eigenvalue weighted by atomic mass is 10.2. The van der Waals surface area contributed by atoms with Gasteiger partial charge in [0.2, 0.25) is 0 Å². The molecule has 5 nitrogen and oxygen atoms in total. The quantitative estimate of drug-likeness (QED) is 0.534. The van der Waals surface area contributed by atoms with Crippen molar-refractivity contribution in [2.24, 2.45) is 0 Å². The summed E-state index contributed by atoms with van der Waals surface area (Å²) in [5, 5.41) is 0. The minimum absolute atomic E-state index is 0.00112. The number of sulfonamides is 2. The van der Waals surface area contributed by atoms with Gasteiger partial charge >= 0.3 is 31.1 Å². The van der Waals surface area contributed by atoms with Crippen LogP contribution in [0.4, 0.5) is 32.0 Å². The van der Waals surface area contributed by atoms with Crippen LogP contribution >= 0.6 is 31.9 Å². The topological polar surface area (TPSA) is 71.5 Å². The molecule has 0 aliphatic rings. The smallest absolute Gasteiger partial charge is 0.196 e. The summed E-state index contributed by atoms with van der Waals surface area (Å²) in [4.78, 5) is 0. The fourth-order valence-corrected chi connectivity index (χ4v) is 4.73. The molecule has 0 spiro atoms. The van der Waals surface area contributed by atoms with Crippen molar-refractivity contribution in [3.63, 3.8) is 0 Å². The highest BCUT2D eigenvalue weighted by atomic mass is 79.9. The molecule has 0 saturated carbocycles. The zero-order valence-electron chi connectivity index (χ0n) is 11.3. The second-order valence-corrected chi connectivity index (χ2v) is 10.7. The van der Waals surface area contributed by atoms with Gasteiger partial charge in [0.15, 0.2) is 0 Å². The molecule has 0 saturated heterocycles. The Hall–Kier alpha value is -0.800. The number of benzene rings is 1. The van der Waals surface area contributed by atoms with E-state index in [0.29, 0.717) is 6.07 Å². The van der Waals surface area contributed by atoms with Crippen molar-refractivity contribution >= 4 is 63.7 Å². The number of anilines is 1. The maximum absolute atomic E-state index is 12.8. The van der Waals surface area contributed by atoms with E-state index in [1.807, 2.05) is 0 Å². The Morgan fingerprint density at radius 3 is 1.64 bits per heavy atom. The van der Waals surface area contributed by atoms with E-state index in [0.717, 1.165) is 24.3 Å². The first kappa shape index (κ1) is 22.2. The minimum atomic E-state index is -6.93. The summed E-state index contributed by atoms with van der Waals surface area (Å²) in [5.74, 6) is 0. The Balaban J connectivity index is 3.95. The fraction of sp³-hybridized carbons (Fsp3) is 0.200. The highest BCUT2D eigenvalue weighted by Crippen LogP contribution is 2.40. The van der Waals surface area contributed by atoms with Gasteiger partial charge < -0.3 is 0 Å². The van der Waals surface area contributed by atoms with E-state index < -0.39 is 46.0 Å². The Kier molecular flexibility index (Phi) is 6.29. The van der Waals surface area contributed by atoms with E-state index in [1.165, 1.54) is 0 Å². The van der Waals surface area contributed by atoms with Crippen LogP contribution in [0, 0.1) is 0 Å². The van der Waals surface area contributed by atoms with Gasteiger partial charge in [-0.25, -0.2) is 0 Å².